The van der Waals surface area contributed by atoms with Crippen LogP contribution < -0.4 is 5.43 Å². The summed E-state index contributed by atoms with van der Waals surface area (Å²) in [5, 5.41) is 0.123. The Morgan fingerprint density at radius 1 is 1.23 bits per heavy atom. The number of aromatic nitrogens is 1. The highest BCUT2D eigenvalue weighted by Gasteiger charge is 2.18. The van der Waals surface area contributed by atoms with Crippen LogP contribution in [-0.4, -0.2) is 22.9 Å². The van der Waals surface area contributed by atoms with Gasteiger partial charge in [0.25, 0.3) is 0 Å². The van der Waals surface area contributed by atoms with Crippen molar-refractivity contribution in [3.8, 4) is 0 Å². The quantitative estimate of drug-likeness (QED) is 0.643. The smallest absolute Gasteiger partial charge is 0.355 e. The summed E-state index contributed by atoms with van der Waals surface area (Å²) in [6.45, 7) is 5.23. The van der Waals surface area contributed by atoms with Gasteiger partial charge in [0.05, 0.1) is 17.7 Å². The number of carbonyl (C=O) groups excluding carboxylic acids is 2. The Balaban J connectivity index is 2.87. The van der Waals surface area contributed by atoms with Gasteiger partial charge in [-0.2, -0.15) is 0 Å². The van der Waals surface area contributed by atoms with Crippen molar-refractivity contribution in [3.63, 3.8) is 0 Å². The van der Waals surface area contributed by atoms with Crippen molar-refractivity contribution in [3.05, 3.63) is 45.5 Å². The number of pyridine rings is 1. The second-order valence-corrected chi connectivity index (χ2v) is 4.76. The average molecular weight is 305 g/mol. The number of Topliss-reactive ketones (excluding diaryl/α,β-unsaturated/α-hetero) is 1. The van der Waals surface area contributed by atoms with E-state index in [1.807, 2.05) is 0 Å². The Morgan fingerprint density at radius 2 is 1.91 bits per heavy atom. The number of ether oxygens (including phenoxy) is 1. The van der Waals surface area contributed by atoms with Gasteiger partial charge in [0, 0.05) is 18.0 Å². The van der Waals surface area contributed by atoms with Crippen LogP contribution >= 0.6 is 0 Å². The third kappa shape index (κ3) is 2.64. The number of carbonyl (C=O) groups is 2. The molecule has 0 aliphatic carbocycles. The van der Waals surface area contributed by atoms with Crippen LogP contribution in [-0.2, 0) is 11.3 Å². The second-order valence-electron chi connectivity index (χ2n) is 4.76. The standard InChI is InChI=1S/C16H16FNO4/c1-4-18-13-7-10(9(3)19)12(17)6-11(13)15(20)8-14(18)16(21)22-5-2/h6-8H,4-5H2,1-3H3. The van der Waals surface area contributed by atoms with E-state index < -0.39 is 23.0 Å². The number of benzene rings is 1. The Bertz CT molecular complexity index is 823. The molecule has 2 rings (SSSR count). The Hall–Kier alpha value is -2.50. The molecule has 0 N–H and O–H groups in total. The predicted molar refractivity (Wildman–Crippen MR) is 79.8 cm³/mol. The molecule has 0 radical (unpaired) electrons. The first-order valence-electron chi connectivity index (χ1n) is 6.95. The van der Waals surface area contributed by atoms with E-state index >= 15 is 0 Å². The molecule has 0 bridgehead atoms. The lowest BCUT2D eigenvalue weighted by atomic mass is 10.1. The molecule has 0 fully saturated rings. The van der Waals surface area contributed by atoms with Crippen molar-refractivity contribution < 1.29 is 18.7 Å². The van der Waals surface area contributed by atoms with Crippen molar-refractivity contribution in [1.82, 2.24) is 4.57 Å². The summed E-state index contributed by atoms with van der Waals surface area (Å²) in [4.78, 5) is 35.6. The van der Waals surface area contributed by atoms with Gasteiger partial charge >= 0.3 is 5.97 Å². The van der Waals surface area contributed by atoms with Crippen molar-refractivity contribution in [2.24, 2.45) is 0 Å². The van der Waals surface area contributed by atoms with Crippen LogP contribution in [0.15, 0.2) is 23.0 Å². The molecular formula is C16H16FNO4. The highest BCUT2D eigenvalue weighted by atomic mass is 19.1. The van der Waals surface area contributed by atoms with E-state index in [1.54, 1.807) is 18.4 Å². The van der Waals surface area contributed by atoms with Crippen LogP contribution in [0.25, 0.3) is 10.9 Å². The Morgan fingerprint density at radius 3 is 2.45 bits per heavy atom. The SMILES string of the molecule is CCOC(=O)c1cc(=O)c2cc(F)c(C(C)=O)cc2n1CC. The van der Waals surface area contributed by atoms with Gasteiger partial charge in [-0.25, -0.2) is 9.18 Å². The van der Waals surface area contributed by atoms with Gasteiger partial charge in [-0.1, -0.05) is 0 Å². The summed E-state index contributed by atoms with van der Waals surface area (Å²) >= 11 is 0. The molecule has 2 aromatic rings. The lowest BCUT2D eigenvalue weighted by Gasteiger charge is -2.15. The van der Waals surface area contributed by atoms with Crippen LogP contribution in [0.3, 0.4) is 0 Å². The summed E-state index contributed by atoms with van der Waals surface area (Å²) in [5.41, 5.74) is -0.181. The van der Waals surface area contributed by atoms with E-state index in [0.717, 1.165) is 12.1 Å². The molecule has 6 heteroatoms. The topological polar surface area (TPSA) is 65.4 Å². The van der Waals surface area contributed by atoms with Crippen LogP contribution in [0, 0.1) is 5.82 Å². The van der Waals surface area contributed by atoms with E-state index in [-0.39, 0.29) is 23.3 Å². The summed E-state index contributed by atoms with van der Waals surface area (Å²) in [6, 6.07) is 3.48. The molecule has 1 aromatic carbocycles. The van der Waals surface area contributed by atoms with Crippen LogP contribution in [0.1, 0.15) is 41.6 Å². The van der Waals surface area contributed by atoms with Crippen LogP contribution in [0.5, 0.6) is 0 Å². The van der Waals surface area contributed by atoms with Gasteiger partial charge in [-0.05, 0) is 32.9 Å². The number of esters is 1. The Kier molecular flexibility index (Phi) is 4.40. The van der Waals surface area contributed by atoms with Gasteiger partial charge in [0.1, 0.15) is 11.5 Å². The zero-order valence-electron chi connectivity index (χ0n) is 12.6. The lowest BCUT2D eigenvalue weighted by Crippen LogP contribution is -2.20. The Labute approximate surface area is 126 Å². The number of aryl methyl sites for hydroxylation is 1. The van der Waals surface area contributed by atoms with E-state index in [2.05, 4.69) is 0 Å². The summed E-state index contributed by atoms with van der Waals surface area (Å²) in [5.74, 6) is -1.82. The predicted octanol–water partition coefficient (Wildman–Crippen LogP) is 2.54. The molecular weight excluding hydrogens is 289 g/mol. The molecule has 0 spiro atoms. The molecule has 116 valence electrons. The molecule has 0 saturated heterocycles. The number of nitrogens with zero attached hydrogens (tertiary/aromatic N) is 1. The third-order valence-corrected chi connectivity index (χ3v) is 3.38. The highest BCUT2D eigenvalue weighted by Crippen LogP contribution is 2.19. The van der Waals surface area contributed by atoms with Crippen molar-refractivity contribution in [2.45, 2.75) is 27.3 Å². The third-order valence-electron chi connectivity index (χ3n) is 3.38. The number of hydrogen-bond donors (Lipinski definition) is 0. The average Bonchev–Trinajstić information content (AvgIpc) is 2.47. The van der Waals surface area contributed by atoms with Gasteiger partial charge in [-0.3, -0.25) is 9.59 Å². The minimum absolute atomic E-state index is 0.0861. The summed E-state index contributed by atoms with van der Waals surface area (Å²) in [6.07, 6.45) is 0. The molecule has 1 heterocycles. The molecule has 0 aliphatic rings. The zero-order valence-corrected chi connectivity index (χ0v) is 12.6. The van der Waals surface area contributed by atoms with Crippen molar-refractivity contribution in [2.75, 3.05) is 6.61 Å². The first-order valence-corrected chi connectivity index (χ1v) is 6.95. The normalized spacial score (nSPS) is 10.7. The molecule has 0 amide bonds. The number of fused-ring (bicyclic) bond motifs is 1. The molecule has 0 unspecified atom stereocenters. The largest absolute Gasteiger partial charge is 0.461 e. The van der Waals surface area contributed by atoms with E-state index in [9.17, 15) is 18.8 Å². The van der Waals surface area contributed by atoms with Crippen molar-refractivity contribution >= 4 is 22.7 Å². The number of ketones is 1. The maximum atomic E-state index is 13.9. The monoisotopic (exact) mass is 305 g/mol. The number of hydrogen-bond acceptors (Lipinski definition) is 4. The fraction of sp³-hybridized carbons (Fsp3) is 0.312. The van der Waals surface area contributed by atoms with E-state index in [4.69, 9.17) is 4.74 Å². The van der Waals surface area contributed by atoms with Crippen molar-refractivity contribution in [1.29, 1.82) is 0 Å². The maximum absolute atomic E-state index is 13.9. The van der Waals surface area contributed by atoms with Crippen LogP contribution in [0.2, 0.25) is 0 Å². The maximum Gasteiger partial charge on any atom is 0.355 e. The molecule has 0 atom stereocenters. The van der Waals surface area contributed by atoms with Gasteiger partial charge in [0.15, 0.2) is 11.2 Å². The van der Waals surface area contributed by atoms with Crippen LogP contribution in [0.4, 0.5) is 4.39 Å². The fourth-order valence-corrected chi connectivity index (χ4v) is 2.38. The minimum atomic E-state index is -0.747. The number of rotatable bonds is 4. The zero-order chi connectivity index (χ0) is 16.4. The number of halogens is 1. The molecule has 5 nitrogen and oxygen atoms in total. The summed E-state index contributed by atoms with van der Waals surface area (Å²) in [7, 11) is 0. The summed E-state index contributed by atoms with van der Waals surface area (Å²) < 4.78 is 20.4. The second kappa shape index (κ2) is 6.09. The molecule has 0 aliphatic heterocycles. The van der Waals surface area contributed by atoms with Gasteiger partial charge in [-0.15, -0.1) is 0 Å². The molecule has 0 saturated carbocycles. The molecule has 22 heavy (non-hydrogen) atoms. The first-order chi connectivity index (χ1) is 10.4. The lowest BCUT2D eigenvalue weighted by molar-refractivity contribution is 0.0513. The minimum Gasteiger partial charge on any atom is -0.461 e. The highest BCUT2D eigenvalue weighted by molar-refractivity contribution is 5.99. The first kappa shape index (κ1) is 15.9. The van der Waals surface area contributed by atoms with Gasteiger partial charge < -0.3 is 9.30 Å². The fourth-order valence-electron chi connectivity index (χ4n) is 2.38. The van der Waals surface area contributed by atoms with Gasteiger partial charge in [0.2, 0.25) is 0 Å². The molecule has 1 aromatic heterocycles. The van der Waals surface area contributed by atoms with E-state index in [0.29, 0.717) is 12.1 Å². The van der Waals surface area contributed by atoms with E-state index in [1.165, 1.54) is 13.0 Å².